The van der Waals surface area contributed by atoms with Crippen LogP contribution in [0.1, 0.15) is 19.8 Å². The van der Waals surface area contributed by atoms with Gasteiger partial charge in [0.05, 0.1) is 26.9 Å². The monoisotopic (exact) mass is 299 g/mol. The molecule has 0 unspecified atom stereocenters. The quantitative estimate of drug-likeness (QED) is 0.334. The van der Waals surface area contributed by atoms with E-state index < -0.39 is 43.6 Å². The van der Waals surface area contributed by atoms with E-state index in [2.05, 4.69) is 4.74 Å². The molecule has 0 radical (unpaired) electrons. The third-order valence-electron chi connectivity index (χ3n) is 2.31. The van der Waals surface area contributed by atoms with Gasteiger partial charge in [0.25, 0.3) is 11.4 Å². The maximum absolute atomic E-state index is 11.4. The highest BCUT2D eigenvalue weighted by Crippen LogP contribution is 2.40. The molecule has 0 N–H and O–H groups in total. The summed E-state index contributed by atoms with van der Waals surface area (Å²) >= 11 is 0. The van der Waals surface area contributed by atoms with Gasteiger partial charge < -0.3 is 4.74 Å². The first-order valence-corrected chi connectivity index (χ1v) is 5.59. The highest BCUT2D eigenvalue weighted by molar-refractivity contribution is 5.77. The molecular formula is C10H9N3O8. The van der Waals surface area contributed by atoms with Crippen molar-refractivity contribution >= 4 is 23.0 Å². The zero-order valence-electron chi connectivity index (χ0n) is 10.7. The summed E-state index contributed by atoms with van der Waals surface area (Å²) < 4.78 is 4.63. The minimum Gasteiger partial charge on any atom is -0.412 e. The standard InChI is InChI=1S/C10H9N3O8/c1-2-3-9(14)21-10-7(12(17)18)4-6(11(15)16)5-8(10)13(19)20/h4-5H,2-3H2,1H3. The van der Waals surface area contributed by atoms with Crippen LogP contribution in [0.3, 0.4) is 0 Å². The summed E-state index contributed by atoms with van der Waals surface area (Å²) in [4.78, 5) is 40.6. The molecule has 0 saturated heterocycles. The lowest BCUT2D eigenvalue weighted by Crippen LogP contribution is -2.10. The Kier molecular flexibility index (Phi) is 4.83. The maximum atomic E-state index is 11.4. The highest BCUT2D eigenvalue weighted by atomic mass is 16.6. The Morgan fingerprint density at radius 3 is 1.86 bits per heavy atom. The summed E-state index contributed by atoms with van der Waals surface area (Å²) in [7, 11) is 0. The molecule has 11 nitrogen and oxygen atoms in total. The number of ether oxygens (including phenoxy) is 1. The maximum Gasteiger partial charge on any atom is 0.325 e. The molecule has 11 heteroatoms. The van der Waals surface area contributed by atoms with E-state index in [-0.39, 0.29) is 6.42 Å². The number of rotatable bonds is 6. The molecule has 0 atom stereocenters. The van der Waals surface area contributed by atoms with Gasteiger partial charge in [0, 0.05) is 6.42 Å². The Labute approximate surface area is 116 Å². The molecule has 0 aliphatic heterocycles. The van der Waals surface area contributed by atoms with Crippen molar-refractivity contribution in [2.45, 2.75) is 19.8 Å². The lowest BCUT2D eigenvalue weighted by molar-refractivity contribution is -0.404. The fourth-order valence-corrected chi connectivity index (χ4v) is 1.43. The highest BCUT2D eigenvalue weighted by Gasteiger charge is 2.33. The van der Waals surface area contributed by atoms with E-state index in [4.69, 9.17) is 0 Å². The zero-order chi connectivity index (χ0) is 16.2. The van der Waals surface area contributed by atoms with Crippen LogP contribution in [0.5, 0.6) is 5.75 Å². The number of hydrogen-bond acceptors (Lipinski definition) is 8. The van der Waals surface area contributed by atoms with E-state index in [1.165, 1.54) is 0 Å². The molecule has 0 spiro atoms. The predicted octanol–water partition coefficient (Wildman–Crippen LogP) is 2.12. The molecule has 0 aliphatic rings. The second-order valence-corrected chi connectivity index (χ2v) is 3.81. The number of benzene rings is 1. The summed E-state index contributed by atoms with van der Waals surface area (Å²) in [6.07, 6.45) is 0.263. The van der Waals surface area contributed by atoms with Crippen molar-refractivity contribution in [3.8, 4) is 5.75 Å². The molecule has 0 amide bonds. The second-order valence-electron chi connectivity index (χ2n) is 3.81. The van der Waals surface area contributed by atoms with Crippen molar-refractivity contribution in [1.82, 2.24) is 0 Å². The van der Waals surface area contributed by atoms with Gasteiger partial charge in [-0.1, -0.05) is 6.92 Å². The molecule has 0 aliphatic carbocycles. The SMILES string of the molecule is CCCC(=O)Oc1c([N+](=O)[O-])cc([N+](=O)[O-])cc1[N+](=O)[O-]. The summed E-state index contributed by atoms with van der Waals surface area (Å²) in [6, 6.07) is 1.00. The Balaban J connectivity index is 3.50. The van der Waals surface area contributed by atoms with Crippen molar-refractivity contribution in [3.63, 3.8) is 0 Å². The van der Waals surface area contributed by atoms with E-state index >= 15 is 0 Å². The number of carbonyl (C=O) groups is 1. The largest absolute Gasteiger partial charge is 0.412 e. The van der Waals surface area contributed by atoms with Crippen LogP contribution in [0.15, 0.2) is 12.1 Å². The van der Waals surface area contributed by atoms with Crippen molar-refractivity contribution in [2.24, 2.45) is 0 Å². The van der Waals surface area contributed by atoms with E-state index in [9.17, 15) is 35.1 Å². The molecule has 0 fully saturated rings. The van der Waals surface area contributed by atoms with Crippen LogP contribution in [0, 0.1) is 30.3 Å². The Hall–Kier alpha value is -3.11. The number of non-ortho nitro benzene ring substituents is 1. The molecule has 0 heterocycles. The summed E-state index contributed by atoms with van der Waals surface area (Å²) in [5.74, 6) is -1.81. The van der Waals surface area contributed by atoms with Crippen LogP contribution in [-0.2, 0) is 4.79 Å². The minimum atomic E-state index is -1.09. The lowest BCUT2D eigenvalue weighted by Gasteiger charge is -2.05. The van der Waals surface area contributed by atoms with Gasteiger partial charge >= 0.3 is 17.3 Å². The van der Waals surface area contributed by atoms with Crippen LogP contribution in [-0.4, -0.2) is 20.7 Å². The normalized spacial score (nSPS) is 9.95. The third-order valence-corrected chi connectivity index (χ3v) is 2.31. The number of esters is 1. The van der Waals surface area contributed by atoms with Gasteiger partial charge in [0.15, 0.2) is 0 Å². The van der Waals surface area contributed by atoms with Gasteiger partial charge in [-0.15, -0.1) is 0 Å². The van der Waals surface area contributed by atoms with Crippen molar-refractivity contribution in [2.75, 3.05) is 0 Å². The lowest BCUT2D eigenvalue weighted by atomic mass is 10.2. The first-order chi connectivity index (χ1) is 9.77. The Bertz CT molecular complexity index is 592. The fraction of sp³-hybridized carbons (Fsp3) is 0.300. The number of nitrogens with zero attached hydrogens (tertiary/aromatic N) is 3. The fourth-order valence-electron chi connectivity index (χ4n) is 1.43. The van der Waals surface area contributed by atoms with Gasteiger partial charge in [0.1, 0.15) is 0 Å². The summed E-state index contributed by atoms with van der Waals surface area (Å²) in [5.41, 5.74) is -2.87. The van der Waals surface area contributed by atoms with Crippen molar-refractivity contribution in [3.05, 3.63) is 42.5 Å². The van der Waals surface area contributed by atoms with Gasteiger partial charge in [-0.05, 0) is 6.42 Å². The van der Waals surface area contributed by atoms with E-state index in [0.717, 1.165) is 0 Å². The number of nitro groups is 3. The average molecular weight is 299 g/mol. The first kappa shape index (κ1) is 15.9. The van der Waals surface area contributed by atoms with E-state index in [1.54, 1.807) is 6.92 Å². The van der Waals surface area contributed by atoms with Gasteiger partial charge in [-0.25, -0.2) is 0 Å². The Morgan fingerprint density at radius 2 is 1.52 bits per heavy atom. The summed E-state index contributed by atoms with van der Waals surface area (Å²) in [6.45, 7) is 1.64. The molecule has 0 saturated carbocycles. The second kappa shape index (κ2) is 6.36. The minimum absolute atomic E-state index is 0.106. The molecule has 112 valence electrons. The van der Waals surface area contributed by atoms with E-state index in [0.29, 0.717) is 18.6 Å². The van der Waals surface area contributed by atoms with Crippen molar-refractivity contribution in [1.29, 1.82) is 0 Å². The van der Waals surface area contributed by atoms with Crippen LogP contribution < -0.4 is 4.74 Å². The zero-order valence-corrected chi connectivity index (χ0v) is 10.7. The number of hydrogen-bond donors (Lipinski definition) is 0. The van der Waals surface area contributed by atoms with Gasteiger partial charge in [-0.2, -0.15) is 0 Å². The Morgan fingerprint density at radius 1 is 1.05 bits per heavy atom. The molecule has 1 aromatic carbocycles. The molecule has 0 aromatic heterocycles. The van der Waals surface area contributed by atoms with Crippen LogP contribution >= 0.6 is 0 Å². The van der Waals surface area contributed by atoms with Crippen LogP contribution in [0.25, 0.3) is 0 Å². The van der Waals surface area contributed by atoms with Gasteiger partial charge in [-0.3, -0.25) is 35.1 Å². The number of nitro benzene ring substituents is 3. The molecule has 1 aromatic rings. The van der Waals surface area contributed by atoms with Crippen LogP contribution in [0.4, 0.5) is 17.1 Å². The average Bonchev–Trinajstić information content (AvgIpc) is 2.37. The van der Waals surface area contributed by atoms with Crippen LogP contribution in [0.2, 0.25) is 0 Å². The molecule has 0 bridgehead atoms. The third kappa shape index (κ3) is 3.68. The molecule has 21 heavy (non-hydrogen) atoms. The predicted molar refractivity (Wildman–Crippen MR) is 66.9 cm³/mol. The first-order valence-electron chi connectivity index (χ1n) is 5.59. The van der Waals surface area contributed by atoms with E-state index in [1.807, 2.05) is 0 Å². The number of carbonyl (C=O) groups excluding carboxylic acids is 1. The van der Waals surface area contributed by atoms with Gasteiger partial charge in [0.2, 0.25) is 0 Å². The summed E-state index contributed by atoms with van der Waals surface area (Å²) in [5, 5.41) is 32.4. The topological polar surface area (TPSA) is 156 Å². The smallest absolute Gasteiger partial charge is 0.325 e. The molecule has 1 rings (SSSR count). The van der Waals surface area contributed by atoms with Crippen molar-refractivity contribution < 1.29 is 24.3 Å². The molecular weight excluding hydrogens is 290 g/mol.